The maximum Gasteiger partial charge on any atom is 0.356 e. The molecule has 1 aromatic heterocycles. The Morgan fingerprint density at radius 2 is 2.14 bits per heavy atom. The topological polar surface area (TPSA) is 81.4 Å². The first kappa shape index (κ1) is 13.4. The van der Waals surface area contributed by atoms with Gasteiger partial charge in [0.25, 0.3) is 5.56 Å². The molecule has 0 fully saturated rings. The summed E-state index contributed by atoms with van der Waals surface area (Å²) in [5, 5.41) is 12.9. The molecule has 0 spiro atoms. The lowest BCUT2D eigenvalue weighted by Gasteiger charge is -2.25. The molecule has 108 valence electrons. The molecule has 0 saturated carbocycles. The number of carbonyl (C=O) groups is 1. The smallest absolute Gasteiger partial charge is 0.356 e. The molecule has 6 nitrogen and oxygen atoms in total. The number of para-hydroxylation sites is 1. The maximum absolute atomic E-state index is 11.9. The van der Waals surface area contributed by atoms with E-state index in [1.54, 1.807) is 0 Å². The third-order valence-electron chi connectivity index (χ3n) is 3.56. The Bertz CT molecular complexity index is 738. The van der Waals surface area contributed by atoms with Crippen LogP contribution in [0.4, 0.5) is 0 Å². The molecule has 2 aromatic rings. The number of fused-ring (bicyclic) bond motifs is 1. The molecule has 0 radical (unpaired) electrons. The molecular weight excluding hydrogens is 272 g/mol. The van der Waals surface area contributed by atoms with Crippen molar-refractivity contribution in [1.29, 1.82) is 0 Å². The Morgan fingerprint density at radius 1 is 1.33 bits per heavy atom. The predicted octanol–water partition coefficient (Wildman–Crippen LogP) is 1.51. The molecule has 1 N–H and O–H groups in total. The molecule has 1 aromatic carbocycles. The van der Waals surface area contributed by atoms with Crippen molar-refractivity contribution in [3.05, 3.63) is 58.0 Å². The van der Waals surface area contributed by atoms with Gasteiger partial charge in [0.05, 0.1) is 13.2 Å². The number of aromatic nitrogens is 2. The van der Waals surface area contributed by atoms with E-state index in [1.165, 1.54) is 16.8 Å². The number of carboxylic acid groups (broad SMARTS) is 1. The van der Waals surface area contributed by atoms with E-state index in [1.807, 2.05) is 24.3 Å². The second kappa shape index (κ2) is 5.40. The van der Waals surface area contributed by atoms with E-state index in [0.29, 0.717) is 13.2 Å². The van der Waals surface area contributed by atoms with Gasteiger partial charge in [0, 0.05) is 12.0 Å². The zero-order valence-electron chi connectivity index (χ0n) is 11.2. The van der Waals surface area contributed by atoms with Crippen LogP contribution in [0.5, 0.6) is 5.75 Å². The Labute approximate surface area is 120 Å². The summed E-state index contributed by atoms with van der Waals surface area (Å²) in [5.74, 6) is -0.239. The average Bonchev–Trinajstić information content (AvgIpc) is 2.49. The van der Waals surface area contributed by atoms with Crippen LogP contribution in [0.2, 0.25) is 0 Å². The fourth-order valence-corrected chi connectivity index (χ4v) is 2.51. The highest BCUT2D eigenvalue weighted by molar-refractivity contribution is 5.84. The summed E-state index contributed by atoms with van der Waals surface area (Å²) in [7, 11) is 0. The molecule has 2 heterocycles. The van der Waals surface area contributed by atoms with E-state index >= 15 is 0 Å². The summed E-state index contributed by atoms with van der Waals surface area (Å²) >= 11 is 0. The Balaban J connectivity index is 1.93. The lowest BCUT2D eigenvalue weighted by atomic mass is 9.93. The first-order chi connectivity index (χ1) is 10.1. The van der Waals surface area contributed by atoms with E-state index in [4.69, 9.17) is 9.84 Å². The summed E-state index contributed by atoms with van der Waals surface area (Å²) in [5.41, 5.74) is 0.595. The molecule has 0 bridgehead atoms. The van der Waals surface area contributed by atoms with Crippen LogP contribution in [-0.2, 0) is 6.54 Å². The molecule has 0 saturated heterocycles. The first-order valence-electron chi connectivity index (χ1n) is 6.68. The Hall–Kier alpha value is -2.63. The molecule has 0 amide bonds. The van der Waals surface area contributed by atoms with Crippen molar-refractivity contribution >= 4 is 5.97 Å². The number of ether oxygens (including phenoxy) is 1. The minimum absolute atomic E-state index is 0.0872. The quantitative estimate of drug-likeness (QED) is 0.925. The lowest BCUT2D eigenvalue weighted by Crippen LogP contribution is -2.28. The van der Waals surface area contributed by atoms with Gasteiger partial charge in [-0.25, -0.2) is 9.48 Å². The molecule has 0 aliphatic carbocycles. The zero-order valence-corrected chi connectivity index (χ0v) is 11.2. The summed E-state index contributed by atoms with van der Waals surface area (Å²) in [6.45, 7) is 0.926. The number of hydrogen-bond acceptors (Lipinski definition) is 4. The predicted molar refractivity (Wildman–Crippen MR) is 74.8 cm³/mol. The van der Waals surface area contributed by atoms with Crippen molar-refractivity contribution in [3.63, 3.8) is 0 Å². The molecule has 1 unspecified atom stereocenters. The summed E-state index contributed by atoms with van der Waals surface area (Å²) in [6, 6.07) is 10.1. The second-order valence-electron chi connectivity index (χ2n) is 4.92. The molecule has 21 heavy (non-hydrogen) atoms. The normalized spacial score (nSPS) is 16.9. The highest BCUT2D eigenvalue weighted by atomic mass is 16.5. The third-order valence-corrected chi connectivity index (χ3v) is 3.56. The van der Waals surface area contributed by atoms with Gasteiger partial charge in [-0.1, -0.05) is 18.2 Å². The van der Waals surface area contributed by atoms with Gasteiger partial charge in [-0.15, -0.1) is 0 Å². The van der Waals surface area contributed by atoms with Crippen molar-refractivity contribution in [2.24, 2.45) is 0 Å². The van der Waals surface area contributed by atoms with Crippen LogP contribution in [-0.4, -0.2) is 27.5 Å². The standard InChI is InChI=1S/C15H14N2O4/c18-14-6-5-12(15(19)20)16-17(14)9-10-7-8-21-13-4-2-1-3-11(10)13/h1-6,10H,7-9H2,(H,19,20). The van der Waals surface area contributed by atoms with E-state index < -0.39 is 5.97 Å². The summed E-state index contributed by atoms with van der Waals surface area (Å²) in [6.07, 6.45) is 0.766. The average molecular weight is 286 g/mol. The van der Waals surface area contributed by atoms with Gasteiger partial charge in [0.2, 0.25) is 0 Å². The molecule has 6 heteroatoms. The Kier molecular flexibility index (Phi) is 3.43. The van der Waals surface area contributed by atoms with Crippen molar-refractivity contribution in [2.45, 2.75) is 18.9 Å². The fourth-order valence-electron chi connectivity index (χ4n) is 2.51. The van der Waals surface area contributed by atoms with Crippen molar-refractivity contribution in [2.75, 3.05) is 6.61 Å². The minimum atomic E-state index is -1.14. The minimum Gasteiger partial charge on any atom is -0.493 e. The molecule has 1 atom stereocenters. The third kappa shape index (κ3) is 2.65. The van der Waals surface area contributed by atoms with Gasteiger partial charge in [-0.2, -0.15) is 5.10 Å². The van der Waals surface area contributed by atoms with Gasteiger partial charge in [-0.3, -0.25) is 4.79 Å². The van der Waals surface area contributed by atoms with Crippen LogP contribution in [0, 0.1) is 0 Å². The largest absolute Gasteiger partial charge is 0.493 e. The van der Waals surface area contributed by atoms with Gasteiger partial charge in [0.15, 0.2) is 5.69 Å². The number of hydrogen-bond donors (Lipinski definition) is 1. The van der Waals surface area contributed by atoms with Crippen molar-refractivity contribution in [1.82, 2.24) is 9.78 Å². The van der Waals surface area contributed by atoms with Crippen molar-refractivity contribution < 1.29 is 14.6 Å². The van der Waals surface area contributed by atoms with Gasteiger partial charge >= 0.3 is 5.97 Å². The molecule has 1 aliphatic rings. The second-order valence-corrected chi connectivity index (χ2v) is 4.92. The molecule has 3 rings (SSSR count). The summed E-state index contributed by atoms with van der Waals surface area (Å²) < 4.78 is 6.80. The highest BCUT2D eigenvalue weighted by Gasteiger charge is 2.22. The number of nitrogens with zero attached hydrogens (tertiary/aromatic N) is 2. The summed E-state index contributed by atoms with van der Waals surface area (Å²) in [4.78, 5) is 22.8. The highest BCUT2D eigenvalue weighted by Crippen LogP contribution is 2.33. The van der Waals surface area contributed by atoms with Gasteiger partial charge < -0.3 is 9.84 Å². The van der Waals surface area contributed by atoms with Crippen LogP contribution in [0.3, 0.4) is 0 Å². The SMILES string of the molecule is O=C(O)c1ccc(=O)n(CC2CCOc3ccccc32)n1. The van der Waals surface area contributed by atoms with E-state index in [2.05, 4.69) is 5.10 Å². The van der Waals surface area contributed by atoms with E-state index in [9.17, 15) is 9.59 Å². The van der Waals surface area contributed by atoms with Gasteiger partial charge in [-0.05, 0) is 24.1 Å². The van der Waals surface area contributed by atoms with Crippen LogP contribution >= 0.6 is 0 Å². The van der Waals surface area contributed by atoms with Crippen LogP contribution in [0.15, 0.2) is 41.2 Å². The van der Waals surface area contributed by atoms with Crippen LogP contribution < -0.4 is 10.3 Å². The number of benzene rings is 1. The van der Waals surface area contributed by atoms with Crippen LogP contribution in [0.1, 0.15) is 28.4 Å². The van der Waals surface area contributed by atoms with Crippen LogP contribution in [0.25, 0.3) is 0 Å². The zero-order chi connectivity index (χ0) is 14.8. The maximum atomic E-state index is 11.9. The fraction of sp³-hybridized carbons (Fsp3) is 0.267. The number of carboxylic acids is 1. The number of rotatable bonds is 3. The monoisotopic (exact) mass is 286 g/mol. The van der Waals surface area contributed by atoms with E-state index in [-0.39, 0.29) is 17.2 Å². The Morgan fingerprint density at radius 3 is 2.95 bits per heavy atom. The number of aromatic carboxylic acids is 1. The molecular formula is C15H14N2O4. The first-order valence-corrected chi connectivity index (χ1v) is 6.68. The van der Waals surface area contributed by atoms with Crippen molar-refractivity contribution in [3.8, 4) is 5.75 Å². The lowest BCUT2D eigenvalue weighted by molar-refractivity contribution is 0.0687. The van der Waals surface area contributed by atoms with Gasteiger partial charge in [0.1, 0.15) is 5.75 Å². The molecule has 1 aliphatic heterocycles. The van der Waals surface area contributed by atoms with E-state index in [0.717, 1.165) is 17.7 Å².